The summed E-state index contributed by atoms with van der Waals surface area (Å²) in [6, 6.07) is 0. The van der Waals surface area contributed by atoms with Crippen LogP contribution in [0.25, 0.3) is 0 Å². The second kappa shape index (κ2) is 6.54. The number of hydrogen-bond donors (Lipinski definition) is 1. The van der Waals surface area contributed by atoms with Crippen molar-refractivity contribution in [1.29, 1.82) is 0 Å². The number of carbonyl (C=O) groups is 4. The Balaban J connectivity index is 0.000000385. The predicted molar refractivity (Wildman–Crippen MR) is 52.6 cm³/mol. The quantitative estimate of drug-likeness (QED) is 0.605. The van der Waals surface area contributed by atoms with Crippen molar-refractivity contribution >= 4 is 23.7 Å². The van der Waals surface area contributed by atoms with Gasteiger partial charge in [0.15, 0.2) is 0 Å². The molecule has 0 radical (unpaired) electrons. The lowest BCUT2D eigenvalue weighted by Crippen LogP contribution is -2.30. The number of hydroxylamine groups is 2. The summed E-state index contributed by atoms with van der Waals surface area (Å²) in [5.41, 5.74) is 0. The fraction of sp³-hybridized carbons (Fsp3) is 0.556. The van der Waals surface area contributed by atoms with Crippen LogP contribution in [0.15, 0.2) is 0 Å². The highest BCUT2D eigenvalue weighted by molar-refractivity contribution is 6.01. The molecule has 0 unspecified atom stereocenters. The third-order valence-corrected chi connectivity index (χ3v) is 1.58. The maximum absolute atomic E-state index is 10.7. The van der Waals surface area contributed by atoms with E-state index in [1.54, 1.807) is 7.05 Å². The van der Waals surface area contributed by atoms with Crippen molar-refractivity contribution in [1.82, 2.24) is 10.4 Å². The molecule has 7 heteroatoms. The lowest BCUT2D eigenvalue weighted by Gasteiger charge is -2.09. The van der Waals surface area contributed by atoms with Crippen molar-refractivity contribution in [2.75, 3.05) is 7.05 Å². The van der Waals surface area contributed by atoms with Crippen molar-refractivity contribution in [3.8, 4) is 0 Å². The van der Waals surface area contributed by atoms with Gasteiger partial charge in [-0.2, -0.15) is 0 Å². The average molecular weight is 230 g/mol. The molecule has 0 aromatic heterocycles. The number of imide groups is 1. The number of amides is 3. The molecule has 16 heavy (non-hydrogen) atoms. The van der Waals surface area contributed by atoms with Gasteiger partial charge in [-0.15, -0.1) is 5.06 Å². The van der Waals surface area contributed by atoms with E-state index in [1.165, 1.54) is 6.92 Å². The number of nitrogens with zero attached hydrogens (tertiary/aromatic N) is 1. The molecule has 1 saturated heterocycles. The Morgan fingerprint density at radius 3 is 1.81 bits per heavy atom. The number of hydrogen-bond acceptors (Lipinski definition) is 5. The van der Waals surface area contributed by atoms with Crippen molar-refractivity contribution < 1.29 is 24.0 Å². The summed E-state index contributed by atoms with van der Waals surface area (Å²) in [5.74, 6) is -1.56. The minimum Gasteiger partial charge on any atom is -0.359 e. The molecule has 0 aromatic rings. The van der Waals surface area contributed by atoms with Crippen LogP contribution in [-0.4, -0.2) is 35.8 Å². The highest BCUT2D eigenvalue weighted by atomic mass is 16.7. The van der Waals surface area contributed by atoms with Gasteiger partial charge in [-0.05, 0) is 0 Å². The molecule has 3 amide bonds. The van der Waals surface area contributed by atoms with Crippen molar-refractivity contribution in [3.05, 3.63) is 0 Å². The van der Waals surface area contributed by atoms with Gasteiger partial charge in [-0.3, -0.25) is 14.4 Å². The maximum atomic E-state index is 10.7. The summed E-state index contributed by atoms with van der Waals surface area (Å²) in [6.45, 7) is 2.61. The Bertz CT molecular complexity index is 297. The second-order valence-electron chi connectivity index (χ2n) is 2.97. The van der Waals surface area contributed by atoms with E-state index in [2.05, 4.69) is 10.2 Å². The van der Waals surface area contributed by atoms with Gasteiger partial charge in [0.05, 0.1) is 0 Å². The first-order chi connectivity index (χ1) is 7.38. The Morgan fingerprint density at radius 1 is 1.19 bits per heavy atom. The standard InChI is InChI=1S/C6H7NO4.C3H7NO/c1-4(8)11-7-5(9)2-3-6(7)10;1-3(5)4-2/h2-3H2,1H3;1-2H3,(H,4,5). The number of nitrogens with one attached hydrogen (secondary N) is 1. The molecule has 0 aromatic carbocycles. The molecule has 90 valence electrons. The average Bonchev–Trinajstić information content (AvgIpc) is 2.50. The van der Waals surface area contributed by atoms with Crippen LogP contribution in [0.1, 0.15) is 26.7 Å². The Kier molecular flexibility index (Phi) is 5.76. The van der Waals surface area contributed by atoms with E-state index >= 15 is 0 Å². The van der Waals surface area contributed by atoms with Gasteiger partial charge in [-0.1, -0.05) is 0 Å². The van der Waals surface area contributed by atoms with E-state index in [0.717, 1.165) is 6.92 Å². The molecule has 1 N–H and O–H groups in total. The van der Waals surface area contributed by atoms with Crippen molar-refractivity contribution in [3.63, 3.8) is 0 Å². The van der Waals surface area contributed by atoms with Crippen molar-refractivity contribution in [2.24, 2.45) is 0 Å². The van der Waals surface area contributed by atoms with Gasteiger partial charge in [-0.25, -0.2) is 4.79 Å². The Morgan fingerprint density at radius 2 is 1.56 bits per heavy atom. The van der Waals surface area contributed by atoms with Gasteiger partial charge in [0.25, 0.3) is 11.8 Å². The molecule has 0 atom stereocenters. The molecule has 1 fully saturated rings. The zero-order valence-electron chi connectivity index (χ0n) is 9.40. The van der Waals surface area contributed by atoms with Crippen LogP contribution >= 0.6 is 0 Å². The molecule has 7 nitrogen and oxygen atoms in total. The molecular weight excluding hydrogens is 216 g/mol. The van der Waals surface area contributed by atoms with Gasteiger partial charge < -0.3 is 10.2 Å². The van der Waals surface area contributed by atoms with Crippen LogP contribution in [0, 0.1) is 0 Å². The normalized spacial score (nSPS) is 14.1. The summed E-state index contributed by atoms with van der Waals surface area (Å²) in [4.78, 5) is 45.9. The fourth-order valence-corrected chi connectivity index (χ4v) is 0.786. The zero-order valence-corrected chi connectivity index (χ0v) is 9.40. The smallest absolute Gasteiger partial charge is 0.330 e. The van der Waals surface area contributed by atoms with E-state index in [9.17, 15) is 19.2 Å². The molecule has 1 heterocycles. The first-order valence-electron chi connectivity index (χ1n) is 4.61. The molecular formula is C9H14N2O5. The lowest BCUT2D eigenvalue weighted by molar-refractivity contribution is -0.195. The van der Waals surface area contributed by atoms with Gasteiger partial charge in [0.2, 0.25) is 5.91 Å². The van der Waals surface area contributed by atoms with Crippen LogP contribution in [0.5, 0.6) is 0 Å². The van der Waals surface area contributed by atoms with E-state index in [4.69, 9.17) is 0 Å². The van der Waals surface area contributed by atoms with E-state index in [0.29, 0.717) is 5.06 Å². The molecule has 0 saturated carbocycles. The van der Waals surface area contributed by atoms with E-state index < -0.39 is 17.8 Å². The molecule has 1 aliphatic rings. The minimum absolute atomic E-state index is 0.00463. The molecule has 0 aliphatic carbocycles. The van der Waals surface area contributed by atoms with Crippen molar-refractivity contribution in [2.45, 2.75) is 26.7 Å². The summed E-state index contributed by atoms with van der Waals surface area (Å²) in [5, 5.41) is 2.91. The van der Waals surface area contributed by atoms with Crippen LogP contribution in [0.3, 0.4) is 0 Å². The monoisotopic (exact) mass is 230 g/mol. The van der Waals surface area contributed by atoms with Gasteiger partial charge in [0, 0.05) is 33.7 Å². The third-order valence-electron chi connectivity index (χ3n) is 1.58. The first kappa shape index (κ1) is 14.1. The predicted octanol–water partition coefficient (Wildman–Crippen LogP) is -0.634. The fourth-order valence-electron chi connectivity index (χ4n) is 0.786. The second-order valence-corrected chi connectivity index (χ2v) is 2.97. The number of carbonyl (C=O) groups excluding carboxylic acids is 4. The molecule has 1 aliphatic heterocycles. The SMILES string of the molecule is CC(=O)ON1C(=O)CCC1=O.CNC(C)=O. The van der Waals surface area contributed by atoms with Crippen LogP contribution in [-0.2, 0) is 24.0 Å². The van der Waals surface area contributed by atoms with E-state index in [-0.39, 0.29) is 18.7 Å². The Labute approximate surface area is 92.7 Å². The molecule has 0 spiro atoms. The third kappa shape index (κ3) is 5.08. The maximum Gasteiger partial charge on any atom is 0.330 e. The van der Waals surface area contributed by atoms with Crippen LogP contribution in [0.2, 0.25) is 0 Å². The Hall–Kier alpha value is -1.92. The lowest BCUT2D eigenvalue weighted by atomic mass is 10.4. The highest BCUT2D eigenvalue weighted by Crippen LogP contribution is 2.11. The van der Waals surface area contributed by atoms with Gasteiger partial charge >= 0.3 is 5.97 Å². The molecule has 1 rings (SSSR count). The van der Waals surface area contributed by atoms with Crippen LogP contribution in [0.4, 0.5) is 0 Å². The molecule has 0 bridgehead atoms. The summed E-state index contributed by atoms with van der Waals surface area (Å²) in [6.07, 6.45) is 0.262. The highest BCUT2D eigenvalue weighted by Gasteiger charge is 2.31. The number of rotatable bonds is 1. The zero-order chi connectivity index (χ0) is 12.7. The summed E-state index contributed by atoms with van der Waals surface area (Å²) in [7, 11) is 1.60. The van der Waals surface area contributed by atoms with E-state index in [1.807, 2.05) is 0 Å². The summed E-state index contributed by atoms with van der Waals surface area (Å²) < 4.78 is 0. The van der Waals surface area contributed by atoms with Gasteiger partial charge in [0.1, 0.15) is 0 Å². The van der Waals surface area contributed by atoms with Crippen LogP contribution < -0.4 is 5.32 Å². The largest absolute Gasteiger partial charge is 0.359 e. The first-order valence-corrected chi connectivity index (χ1v) is 4.61. The topological polar surface area (TPSA) is 92.8 Å². The minimum atomic E-state index is -0.659. The summed E-state index contributed by atoms with van der Waals surface area (Å²) >= 11 is 0.